The van der Waals surface area contributed by atoms with E-state index in [-0.39, 0.29) is 0 Å². The lowest BCUT2D eigenvalue weighted by molar-refractivity contribution is 0.911. The number of nitrogens with zero attached hydrogens (tertiary/aromatic N) is 1. The van der Waals surface area contributed by atoms with Crippen LogP contribution < -0.4 is 5.32 Å². The molecule has 0 saturated carbocycles. The molecule has 0 saturated heterocycles. The van der Waals surface area contributed by atoms with E-state index in [1.54, 1.807) is 11.3 Å². The molecule has 1 atom stereocenters. The van der Waals surface area contributed by atoms with Crippen LogP contribution >= 0.6 is 23.1 Å². The Labute approximate surface area is 75.4 Å². The highest BCUT2D eigenvalue weighted by atomic mass is 32.2. The molecule has 11 heavy (non-hydrogen) atoms. The van der Waals surface area contributed by atoms with Gasteiger partial charge in [-0.3, -0.25) is 0 Å². The lowest BCUT2D eigenvalue weighted by Gasteiger charge is -2.09. The van der Waals surface area contributed by atoms with Gasteiger partial charge >= 0.3 is 0 Å². The lowest BCUT2D eigenvalue weighted by Crippen LogP contribution is -2.17. The molecule has 62 valence electrons. The van der Waals surface area contributed by atoms with E-state index in [1.165, 1.54) is 0 Å². The molecule has 0 fully saturated rings. The van der Waals surface area contributed by atoms with E-state index in [0.717, 1.165) is 10.9 Å². The van der Waals surface area contributed by atoms with Gasteiger partial charge < -0.3 is 5.32 Å². The number of rotatable bonds is 4. The minimum atomic E-state index is 0.510. The maximum absolute atomic E-state index is 4.14. The first-order chi connectivity index (χ1) is 5.33. The molecule has 0 spiro atoms. The van der Waals surface area contributed by atoms with Crippen molar-refractivity contribution >= 4 is 28.2 Å². The van der Waals surface area contributed by atoms with Gasteiger partial charge in [-0.05, 0) is 13.2 Å². The molecule has 0 aliphatic carbocycles. The van der Waals surface area contributed by atoms with Crippen LogP contribution in [0.15, 0.2) is 11.6 Å². The number of hydrogen-bond donors (Lipinski definition) is 1. The van der Waals surface area contributed by atoms with Crippen LogP contribution in [0.25, 0.3) is 0 Å². The van der Waals surface area contributed by atoms with Crippen LogP contribution in [0.4, 0.5) is 5.13 Å². The van der Waals surface area contributed by atoms with Gasteiger partial charge in [0.1, 0.15) is 0 Å². The van der Waals surface area contributed by atoms with Crippen LogP contribution in [-0.4, -0.2) is 23.0 Å². The van der Waals surface area contributed by atoms with Crippen molar-refractivity contribution in [1.29, 1.82) is 0 Å². The quantitative estimate of drug-likeness (QED) is 0.785. The summed E-state index contributed by atoms with van der Waals surface area (Å²) in [5.41, 5.74) is 0. The average Bonchev–Trinajstić information content (AvgIpc) is 2.40. The first-order valence-electron chi connectivity index (χ1n) is 3.48. The molecule has 0 aromatic carbocycles. The maximum Gasteiger partial charge on any atom is 0.182 e. The summed E-state index contributed by atoms with van der Waals surface area (Å²) in [6.45, 7) is 2.16. The van der Waals surface area contributed by atoms with Crippen LogP contribution in [0.5, 0.6) is 0 Å². The van der Waals surface area contributed by atoms with Gasteiger partial charge in [0.05, 0.1) is 0 Å². The van der Waals surface area contributed by atoms with E-state index < -0.39 is 0 Å². The summed E-state index contributed by atoms with van der Waals surface area (Å²) in [5, 5.41) is 6.31. The zero-order valence-electron chi connectivity index (χ0n) is 6.70. The van der Waals surface area contributed by atoms with Crippen LogP contribution in [0.3, 0.4) is 0 Å². The van der Waals surface area contributed by atoms with Gasteiger partial charge in [-0.2, -0.15) is 11.8 Å². The first-order valence-corrected chi connectivity index (χ1v) is 5.75. The molecule has 0 radical (unpaired) electrons. The molecule has 4 heteroatoms. The van der Waals surface area contributed by atoms with Gasteiger partial charge in [-0.25, -0.2) is 4.98 Å². The van der Waals surface area contributed by atoms with E-state index in [4.69, 9.17) is 0 Å². The highest BCUT2D eigenvalue weighted by Gasteiger charge is 2.00. The summed E-state index contributed by atoms with van der Waals surface area (Å²) >= 11 is 3.49. The second kappa shape index (κ2) is 4.62. The Morgan fingerprint density at radius 1 is 1.82 bits per heavy atom. The van der Waals surface area contributed by atoms with Crippen LogP contribution in [0.2, 0.25) is 0 Å². The third-order valence-corrected chi connectivity index (χ3v) is 2.76. The summed E-state index contributed by atoms with van der Waals surface area (Å²) in [7, 11) is 0. The lowest BCUT2D eigenvalue weighted by atomic mass is 10.4. The Morgan fingerprint density at radius 3 is 3.18 bits per heavy atom. The zero-order valence-corrected chi connectivity index (χ0v) is 8.34. The normalized spacial score (nSPS) is 12.9. The van der Waals surface area contributed by atoms with Crippen molar-refractivity contribution in [1.82, 2.24) is 4.98 Å². The van der Waals surface area contributed by atoms with Gasteiger partial charge in [0.2, 0.25) is 0 Å². The predicted molar refractivity (Wildman–Crippen MR) is 53.6 cm³/mol. The molecule has 1 rings (SSSR count). The SMILES string of the molecule is CSCC(C)Nc1nccs1. The number of aromatic nitrogens is 1. The van der Waals surface area contributed by atoms with Crippen molar-refractivity contribution in [3.8, 4) is 0 Å². The predicted octanol–water partition coefficient (Wildman–Crippen LogP) is 2.31. The average molecular weight is 188 g/mol. The number of hydrogen-bond acceptors (Lipinski definition) is 4. The van der Waals surface area contributed by atoms with Crippen LogP contribution in [0.1, 0.15) is 6.92 Å². The molecule has 1 aromatic heterocycles. The molecule has 0 bridgehead atoms. The van der Waals surface area contributed by atoms with Gasteiger partial charge in [-0.15, -0.1) is 11.3 Å². The molecular weight excluding hydrogens is 176 g/mol. The number of thioether (sulfide) groups is 1. The summed E-state index contributed by atoms with van der Waals surface area (Å²) in [5.74, 6) is 1.12. The van der Waals surface area contributed by atoms with E-state index in [2.05, 4.69) is 23.5 Å². The van der Waals surface area contributed by atoms with Crippen molar-refractivity contribution in [2.24, 2.45) is 0 Å². The number of anilines is 1. The topological polar surface area (TPSA) is 24.9 Å². The number of thiazole rings is 1. The fourth-order valence-electron chi connectivity index (χ4n) is 0.797. The highest BCUT2D eigenvalue weighted by molar-refractivity contribution is 7.98. The minimum Gasteiger partial charge on any atom is -0.358 e. The van der Waals surface area contributed by atoms with Gasteiger partial charge in [0.15, 0.2) is 5.13 Å². The van der Waals surface area contributed by atoms with E-state index in [9.17, 15) is 0 Å². The molecule has 0 aliphatic rings. The van der Waals surface area contributed by atoms with Crippen molar-refractivity contribution in [3.63, 3.8) is 0 Å². The Balaban J connectivity index is 2.31. The molecule has 2 nitrogen and oxygen atoms in total. The molecule has 1 N–H and O–H groups in total. The van der Waals surface area contributed by atoms with Crippen molar-refractivity contribution < 1.29 is 0 Å². The largest absolute Gasteiger partial charge is 0.358 e. The molecule has 1 aromatic rings. The van der Waals surface area contributed by atoms with Crippen molar-refractivity contribution in [3.05, 3.63) is 11.6 Å². The minimum absolute atomic E-state index is 0.510. The maximum atomic E-state index is 4.14. The van der Waals surface area contributed by atoms with Crippen molar-refractivity contribution in [2.45, 2.75) is 13.0 Å². The van der Waals surface area contributed by atoms with Crippen LogP contribution in [0, 0.1) is 0 Å². The second-order valence-electron chi connectivity index (χ2n) is 2.34. The fraction of sp³-hybridized carbons (Fsp3) is 0.571. The fourth-order valence-corrected chi connectivity index (χ4v) is 2.02. The zero-order chi connectivity index (χ0) is 8.10. The Hall–Kier alpha value is -0.220. The standard InChI is InChI=1S/C7H12N2S2/c1-6(5-10-2)9-7-8-3-4-11-7/h3-4,6H,5H2,1-2H3,(H,8,9). The Morgan fingerprint density at radius 2 is 2.64 bits per heavy atom. The van der Waals surface area contributed by atoms with E-state index in [1.807, 2.05) is 23.3 Å². The Bertz CT molecular complexity index is 186. The van der Waals surface area contributed by atoms with E-state index >= 15 is 0 Å². The second-order valence-corrected chi connectivity index (χ2v) is 4.14. The molecular formula is C7H12N2S2. The highest BCUT2D eigenvalue weighted by Crippen LogP contribution is 2.12. The third-order valence-electron chi connectivity index (χ3n) is 1.22. The van der Waals surface area contributed by atoms with Gasteiger partial charge in [0, 0.05) is 23.4 Å². The first kappa shape index (κ1) is 8.87. The summed E-state index contributed by atoms with van der Waals surface area (Å²) < 4.78 is 0. The molecule has 0 amide bonds. The number of nitrogens with one attached hydrogen (secondary N) is 1. The summed E-state index contributed by atoms with van der Waals surface area (Å²) in [4.78, 5) is 4.14. The van der Waals surface area contributed by atoms with Crippen molar-refractivity contribution in [2.75, 3.05) is 17.3 Å². The monoisotopic (exact) mass is 188 g/mol. The Kier molecular flexibility index (Phi) is 3.72. The third kappa shape index (κ3) is 3.12. The summed E-state index contributed by atoms with van der Waals surface area (Å²) in [6, 6.07) is 0.510. The molecule has 1 heterocycles. The summed E-state index contributed by atoms with van der Waals surface area (Å²) in [6.07, 6.45) is 3.93. The molecule has 1 unspecified atom stereocenters. The van der Waals surface area contributed by atoms with E-state index in [0.29, 0.717) is 6.04 Å². The van der Waals surface area contributed by atoms with Gasteiger partial charge in [-0.1, -0.05) is 0 Å². The molecule has 0 aliphatic heterocycles. The smallest absolute Gasteiger partial charge is 0.182 e. The van der Waals surface area contributed by atoms with Crippen LogP contribution in [-0.2, 0) is 0 Å². The van der Waals surface area contributed by atoms with Gasteiger partial charge in [0.25, 0.3) is 0 Å².